The third kappa shape index (κ3) is 5.50. The van der Waals surface area contributed by atoms with Crippen LogP contribution in [0, 0.1) is 5.92 Å². The van der Waals surface area contributed by atoms with E-state index < -0.39 is 0 Å². The summed E-state index contributed by atoms with van der Waals surface area (Å²) in [5, 5.41) is 12.3. The van der Waals surface area contributed by atoms with Crippen LogP contribution in [0.1, 0.15) is 51.9 Å². The molecule has 1 aliphatic carbocycles. The normalized spacial score (nSPS) is 26.5. The van der Waals surface area contributed by atoms with Crippen molar-refractivity contribution >= 4 is 5.91 Å². The summed E-state index contributed by atoms with van der Waals surface area (Å²) in [5.41, 5.74) is 5.79. The smallest absolute Gasteiger partial charge is 0.236 e. The largest absolute Gasteiger partial charge is 0.393 e. The maximum absolute atomic E-state index is 11.7. The van der Waals surface area contributed by atoms with Crippen LogP contribution in [-0.4, -0.2) is 29.7 Å². The molecule has 1 atom stereocenters. The second kappa shape index (κ2) is 7.67. The molecule has 0 aromatic carbocycles. The van der Waals surface area contributed by atoms with Gasteiger partial charge in [0.25, 0.3) is 0 Å². The van der Waals surface area contributed by atoms with E-state index in [1.165, 1.54) is 0 Å². The molecule has 100 valence electrons. The second-order valence-electron chi connectivity index (χ2n) is 5.17. The second-order valence-corrected chi connectivity index (χ2v) is 5.17. The number of amides is 1. The Kier molecular flexibility index (Phi) is 6.52. The Morgan fingerprint density at radius 1 is 1.41 bits per heavy atom. The average molecular weight is 242 g/mol. The van der Waals surface area contributed by atoms with Crippen LogP contribution in [0.5, 0.6) is 0 Å². The van der Waals surface area contributed by atoms with Crippen LogP contribution in [0.4, 0.5) is 0 Å². The summed E-state index contributed by atoms with van der Waals surface area (Å²) in [6.45, 7) is 2.81. The van der Waals surface area contributed by atoms with Crippen molar-refractivity contribution < 1.29 is 9.90 Å². The molecule has 0 aliphatic heterocycles. The lowest BCUT2D eigenvalue weighted by Crippen LogP contribution is -2.42. The third-order valence-corrected chi connectivity index (χ3v) is 3.59. The number of aliphatic hydroxyl groups is 1. The van der Waals surface area contributed by atoms with Crippen LogP contribution >= 0.6 is 0 Å². The highest BCUT2D eigenvalue weighted by molar-refractivity contribution is 5.81. The predicted molar refractivity (Wildman–Crippen MR) is 68.5 cm³/mol. The lowest BCUT2D eigenvalue weighted by Gasteiger charge is -2.25. The predicted octanol–water partition coefficient (Wildman–Crippen LogP) is 1.17. The molecule has 0 aromatic heterocycles. The fourth-order valence-electron chi connectivity index (χ4n) is 2.28. The molecule has 1 fully saturated rings. The van der Waals surface area contributed by atoms with E-state index in [1.54, 1.807) is 0 Å². The van der Waals surface area contributed by atoms with E-state index in [2.05, 4.69) is 12.2 Å². The minimum absolute atomic E-state index is 0.0235. The van der Waals surface area contributed by atoms with Crippen LogP contribution in [0.25, 0.3) is 0 Å². The first-order valence-corrected chi connectivity index (χ1v) is 6.84. The fraction of sp³-hybridized carbons (Fsp3) is 0.923. The Morgan fingerprint density at radius 2 is 2.06 bits per heavy atom. The van der Waals surface area contributed by atoms with Gasteiger partial charge in [-0.15, -0.1) is 0 Å². The Balaban J connectivity index is 2.14. The summed E-state index contributed by atoms with van der Waals surface area (Å²) in [6.07, 6.45) is 6.45. The van der Waals surface area contributed by atoms with Gasteiger partial charge in [0.05, 0.1) is 12.1 Å². The summed E-state index contributed by atoms with van der Waals surface area (Å²) in [7, 11) is 0. The molecule has 1 amide bonds. The van der Waals surface area contributed by atoms with Crippen molar-refractivity contribution in [3.63, 3.8) is 0 Å². The number of carbonyl (C=O) groups is 1. The molecule has 4 N–H and O–H groups in total. The topological polar surface area (TPSA) is 75.4 Å². The average Bonchev–Trinajstić information content (AvgIpc) is 2.34. The van der Waals surface area contributed by atoms with E-state index in [-0.39, 0.29) is 18.1 Å². The highest BCUT2D eigenvalue weighted by atomic mass is 16.3. The molecule has 1 saturated carbocycles. The van der Waals surface area contributed by atoms with Crippen molar-refractivity contribution in [1.82, 2.24) is 5.32 Å². The maximum atomic E-state index is 11.7. The molecule has 4 nitrogen and oxygen atoms in total. The molecule has 1 rings (SSSR count). The first-order chi connectivity index (χ1) is 8.13. The highest BCUT2D eigenvalue weighted by Crippen LogP contribution is 2.23. The summed E-state index contributed by atoms with van der Waals surface area (Å²) in [6, 6.07) is -0.357. The molecular weight excluding hydrogens is 216 g/mol. The molecule has 0 spiro atoms. The lowest BCUT2D eigenvalue weighted by molar-refractivity contribution is -0.122. The summed E-state index contributed by atoms with van der Waals surface area (Å²) >= 11 is 0. The lowest BCUT2D eigenvalue weighted by atomic mass is 9.87. The Hall–Kier alpha value is -0.610. The monoisotopic (exact) mass is 242 g/mol. The quantitative estimate of drug-likeness (QED) is 0.654. The van der Waals surface area contributed by atoms with Crippen LogP contribution in [0.3, 0.4) is 0 Å². The van der Waals surface area contributed by atoms with Crippen molar-refractivity contribution in [3.05, 3.63) is 0 Å². The van der Waals surface area contributed by atoms with Gasteiger partial charge in [-0.1, -0.05) is 19.8 Å². The molecule has 0 radical (unpaired) electrons. The zero-order valence-corrected chi connectivity index (χ0v) is 10.8. The SMILES string of the molecule is CCCCC(N)C(=O)NCC1CCC(O)CC1. The van der Waals surface area contributed by atoms with Crippen LogP contribution in [0.2, 0.25) is 0 Å². The van der Waals surface area contributed by atoms with Gasteiger partial charge in [-0.2, -0.15) is 0 Å². The number of hydrogen-bond donors (Lipinski definition) is 3. The molecule has 0 saturated heterocycles. The van der Waals surface area contributed by atoms with Crippen LogP contribution in [0.15, 0.2) is 0 Å². The van der Waals surface area contributed by atoms with Gasteiger partial charge in [-0.3, -0.25) is 4.79 Å². The van der Waals surface area contributed by atoms with Gasteiger partial charge in [0, 0.05) is 6.54 Å². The number of nitrogens with two attached hydrogens (primary N) is 1. The third-order valence-electron chi connectivity index (χ3n) is 3.59. The van der Waals surface area contributed by atoms with Gasteiger partial charge in [0.2, 0.25) is 5.91 Å². The summed E-state index contributed by atoms with van der Waals surface area (Å²) < 4.78 is 0. The molecule has 4 heteroatoms. The first kappa shape index (κ1) is 14.5. The minimum Gasteiger partial charge on any atom is -0.393 e. The zero-order valence-electron chi connectivity index (χ0n) is 10.8. The molecule has 0 aromatic rings. The molecule has 1 unspecified atom stereocenters. The van der Waals surface area contributed by atoms with Crippen molar-refractivity contribution in [2.45, 2.75) is 64.0 Å². The van der Waals surface area contributed by atoms with Crippen molar-refractivity contribution in [2.24, 2.45) is 11.7 Å². The standard InChI is InChI=1S/C13H26N2O2/c1-2-3-4-12(14)13(17)15-9-10-5-7-11(16)8-6-10/h10-12,16H,2-9,14H2,1H3,(H,15,17). The van der Waals surface area contributed by atoms with Gasteiger partial charge in [0.1, 0.15) is 0 Å². The molecular formula is C13H26N2O2. The highest BCUT2D eigenvalue weighted by Gasteiger charge is 2.20. The summed E-state index contributed by atoms with van der Waals surface area (Å²) in [5.74, 6) is 0.491. The Bertz CT molecular complexity index is 225. The van der Waals surface area contributed by atoms with E-state index in [1.807, 2.05) is 0 Å². The van der Waals surface area contributed by atoms with Gasteiger partial charge >= 0.3 is 0 Å². The van der Waals surface area contributed by atoms with E-state index in [4.69, 9.17) is 5.73 Å². The van der Waals surface area contributed by atoms with Gasteiger partial charge < -0.3 is 16.2 Å². The van der Waals surface area contributed by atoms with E-state index in [0.29, 0.717) is 12.5 Å². The van der Waals surface area contributed by atoms with Crippen LogP contribution in [-0.2, 0) is 4.79 Å². The number of nitrogens with one attached hydrogen (secondary N) is 1. The first-order valence-electron chi connectivity index (χ1n) is 6.84. The minimum atomic E-state index is -0.357. The fourth-order valence-corrected chi connectivity index (χ4v) is 2.28. The van der Waals surface area contributed by atoms with Gasteiger partial charge in [-0.25, -0.2) is 0 Å². The van der Waals surface area contributed by atoms with Gasteiger partial charge in [0.15, 0.2) is 0 Å². The van der Waals surface area contributed by atoms with E-state index in [0.717, 1.165) is 44.9 Å². The Morgan fingerprint density at radius 3 is 2.65 bits per heavy atom. The van der Waals surface area contributed by atoms with Crippen LogP contribution < -0.4 is 11.1 Å². The molecule has 0 bridgehead atoms. The van der Waals surface area contributed by atoms with Crippen molar-refractivity contribution in [2.75, 3.05) is 6.54 Å². The van der Waals surface area contributed by atoms with Gasteiger partial charge in [-0.05, 0) is 38.0 Å². The summed E-state index contributed by atoms with van der Waals surface area (Å²) in [4.78, 5) is 11.7. The number of carbonyl (C=O) groups excluding carboxylic acids is 1. The zero-order chi connectivity index (χ0) is 12.7. The molecule has 1 aliphatic rings. The van der Waals surface area contributed by atoms with E-state index >= 15 is 0 Å². The number of aliphatic hydroxyl groups excluding tert-OH is 1. The molecule has 0 heterocycles. The van der Waals surface area contributed by atoms with E-state index in [9.17, 15) is 9.90 Å². The van der Waals surface area contributed by atoms with Crippen molar-refractivity contribution in [1.29, 1.82) is 0 Å². The van der Waals surface area contributed by atoms with Crippen molar-refractivity contribution in [3.8, 4) is 0 Å². The Labute approximate surface area is 104 Å². The number of rotatable bonds is 6. The number of unbranched alkanes of at least 4 members (excludes halogenated alkanes) is 1. The number of hydrogen-bond acceptors (Lipinski definition) is 3. The maximum Gasteiger partial charge on any atom is 0.236 e. The molecule has 17 heavy (non-hydrogen) atoms.